The van der Waals surface area contributed by atoms with E-state index in [9.17, 15) is 4.79 Å². The number of nitrogens with zero attached hydrogens (tertiary/aromatic N) is 4. The van der Waals surface area contributed by atoms with E-state index in [1.165, 1.54) is 11.0 Å². The molecular weight excluding hydrogens is 296 g/mol. The standard InChI is InChI=1S/C16H14N4O3/c1-22-15-8-3-2-5-13(15)10-23-16(21)12-6-4-7-14(9-12)20-11-17-18-19-20/h2-9,11H,10H2,1H3. The summed E-state index contributed by atoms with van der Waals surface area (Å²) in [6.45, 7) is 0.137. The van der Waals surface area contributed by atoms with E-state index in [0.717, 1.165) is 5.56 Å². The minimum atomic E-state index is -0.425. The summed E-state index contributed by atoms with van der Waals surface area (Å²) in [4.78, 5) is 12.2. The molecule has 0 N–H and O–H groups in total. The van der Waals surface area contributed by atoms with Crippen LogP contribution in [0.2, 0.25) is 0 Å². The Balaban J connectivity index is 1.72. The van der Waals surface area contributed by atoms with Crippen molar-refractivity contribution >= 4 is 5.97 Å². The highest BCUT2D eigenvalue weighted by Gasteiger charge is 2.11. The molecule has 23 heavy (non-hydrogen) atoms. The summed E-state index contributed by atoms with van der Waals surface area (Å²) in [7, 11) is 1.58. The molecule has 116 valence electrons. The highest BCUT2D eigenvalue weighted by atomic mass is 16.5. The Bertz CT molecular complexity index is 803. The second-order valence-electron chi connectivity index (χ2n) is 4.69. The zero-order chi connectivity index (χ0) is 16.1. The molecule has 3 aromatic rings. The highest BCUT2D eigenvalue weighted by Crippen LogP contribution is 2.19. The Kier molecular flexibility index (Phi) is 4.28. The van der Waals surface area contributed by atoms with E-state index in [0.29, 0.717) is 17.0 Å². The predicted octanol–water partition coefficient (Wildman–Crippen LogP) is 2.03. The lowest BCUT2D eigenvalue weighted by atomic mass is 10.2. The van der Waals surface area contributed by atoms with Gasteiger partial charge in [-0.2, -0.15) is 0 Å². The van der Waals surface area contributed by atoms with Crippen molar-refractivity contribution in [3.63, 3.8) is 0 Å². The molecule has 1 heterocycles. The topological polar surface area (TPSA) is 79.1 Å². The summed E-state index contributed by atoms with van der Waals surface area (Å²) in [6, 6.07) is 14.3. The summed E-state index contributed by atoms with van der Waals surface area (Å²) in [5.74, 6) is 0.258. The van der Waals surface area contributed by atoms with Gasteiger partial charge < -0.3 is 9.47 Å². The van der Waals surface area contributed by atoms with E-state index in [1.807, 2.05) is 24.3 Å². The lowest BCUT2D eigenvalue weighted by Crippen LogP contribution is -2.07. The van der Waals surface area contributed by atoms with Crippen LogP contribution >= 0.6 is 0 Å². The van der Waals surface area contributed by atoms with Gasteiger partial charge in [0.1, 0.15) is 18.7 Å². The Morgan fingerprint density at radius 1 is 1.17 bits per heavy atom. The molecule has 0 spiro atoms. The Morgan fingerprint density at radius 2 is 2.04 bits per heavy atom. The van der Waals surface area contributed by atoms with E-state index in [-0.39, 0.29) is 6.61 Å². The minimum absolute atomic E-state index is 0.137. The maximum Gasteiger partial charge on any atom is 0.338 e. The summed E-state index contributed by atoms with van der Waals surface area (Å²) >= 11 is 0. The maximum absolute atomic E-state index is 12.2. The van der Waals surface area contributed by atoms with E-state index in [2.05, 4.69) is 15.5 Å². The minimum Gasteiger partial charge on any atom is -0.496 e. The van der Waals surface area contributed by atoms with E-state index in [4.69, 9.17) is 9.47 Å². The summed E-state index contributed by atoms with van der Waals surface area (Å²) < 4.78 is 12.1. The van der Waals surface area contributed by atoms with Crippen LogP contribution in [-0.4, -0.2) is 33.3 Å². The van der Waals surface area contributed by atoms with Gasteiger partial charge in [-0.3, -0.25) is 0 Å². The number of ether oxygens (including phenoxy) is 2. The molecule has 7 heteroatoms. The van der Waals surface area contributed by atoms with Gasteiger partial charge in [0, 0.05) is 5.56 Å². The molecule has 0 aliphatic rings. The lowest BCUT2D eigenvalue weighted by Gasteiger charge is -2.09. The first kappa shape index (κ1) is 14.7. The van der Waals surface area contributed by atoms with Crippen molar-refractivity contribution in [1.82, 2.24) is 20.2 Å². The van der Waals surface area contributed by atoms with Crippen LogP contribution in [0, 0.1) is 0 Å². The molecule has 0 radical (unpaired) electrons. The first-order valence-electron chi connectivity index (χ1n) is 6.90. The van der Waals surface area contributed by atoms with Crippen LogP contribution in [0.25, 0.3) is 5.69 Å². The van der Waals surface area contributed by atoms with Crippen LogP contribution in [0.3, 0.4) is 0 Å². The van der Waals surface area contributed by atoms with E-state index in [1.54, 1.807) is 31.4 Å². The van der Waals surface area contributed by atoms with Crippen LogP contribution in [0.5, 0.6) is 5.75 Å². The number of para-hydroxylation sites is 1. The molecule has 0 amide bonds. The molecule has 3 rings (SSSR count). The number of rotatable bonds is 5. The zero-order valence-corrected chi connectivity index (χ0v) is 12.4. The third-order valence-corrected chi connectivity index (χ3v) is 3.25. The molecule has 0 bridgehead atoms. The second kappa shape index (κ2) is 6.69. The normalized spacial score (nSPS) is 10.3. The third kappa shape index (κ3) is 3.34. The first-order chi connectivity index (χ1) is 11.3. The van der Waals surface area contributed by atoms with Crippen molar-refractivity contribution in [3.05, 3.63) is 66.0 Å². The Labute approximate surface area is 132 Å². The molecule has 1 aromatic heterocycles. The number of aromatic nitrogens is 4. The molecular formula is C16H14N4O3. The second-order valence-corrected chi connectivity index (χ2v) is 4.69. The van der Waals surface area contributed by atoms with Crippen molar-refractivity contribution in [2.75, 3.05) is 7.11 Å². The van der Waals surface area contributed by atoms with Gasteiger partial charge in [0.15, 0.2) is 0 Å². The number of hydrogen-bond acceptors (Lipinski definition) is 6. The number of carbonyl (C=O) groups excluding carboxylic acids is 1. The number of carbonyl (C=O) groups is 1. The molecule has 0 atom stereocenters. The molecule has 7 nitrogen and oxygen atoms in total. The van der Waals surface area contributed by atoms with Crippen molar-refractivity contribution in [2.45, 2.75) is 6.61 Å². The molecule has 0 saturated heterocycles. The number of esters is 1. The zero-order valence-electron chi connectivity index (χ0n) is 12.4. The Hall–Kier alpha value is -3.22. The number of benzene rings is 2. The molecule has 0 fully saturated rings. The van der Waals surface area contributed by atoms with Gasteiger partial charge in [0.2, 0.25) is 0 Å². The average molecular weight is 310 g/mol. The van der Waals surface area contributed by atoms with Crippen molar-refractivity contribution in [2.24, 2.45) is 0 Å². The van der Waals surface area contributed by atoms with Crippen LogP contribution in [0.15, 0.2) is 54.9 Å². The van der Waals surface area contributed by atoms with Gasteiger partial charge in [0.05, 0.1) is 18.4 Å². The first-order valence-corrected chi connectivity index (χ1v) is 6.90. The van der Waals surface area contributed by atoms with Crippen molar-refractivity contribution in [1.29, 1.82) is 0 Å². The molecule has 2 aromatic carbocycles. The predicted molar refractivity (Wildman–Crippen MR) is 81.3 cm³/mol. The van der Waals surface area contributed by atoms with Crippen molar-refractivity contribution in [3.8, 4) is 11.4 Å². The van der Waals surface area contributed by atoms with Gasteiger partial charge in [-0.1, -0.05) is 24.3 Å². The fourth-order valence-corrected chi connectivity index (χ4v) is 2.10. The summed E-state index contributed by atoms with van der Waals surface area (Å²) in [5, 5.41) is 10.9. The number of tetrazole rings is 1. The van der Waals surface area contributed by atoms with Crippen LogP contribution in [0.1, 0.15) is 15.9 Å². The SMILES string of the molecule is COc1ccccc1COC(=O)c1cccc(-n2cnnn2)c1. The van der Waals surface area contributed by atoms with Gasteiger partial charge in [-0.25, -0.2) is 9.48 Å². The maximum atomic E-state index is 12.2. The van der Waals surface area contributed by atoms with Gasteiger partial charge in [-0.05, 0) is 34.7 Å². The van der Waals surface area contributed by atoms with E-state index < -0.39 is 5.97 Å². The molecule has 0 aliphatic heterocycles. The smallest absolute Gasteiger partial charge is 0.338 e. The largest absolute Gasteiger partial charge is 0.496 e. The van der Waals surface area contributed by atoms with Crippen LogP contribution in [-0.2, 0) is 11.3 Å². The van der Waals surface area contributed by atoms with Crippen LogP contribution < -0.4 is 4.74 Å². The third-order valence-electron chi connectivity index (χ3n) is 3.25. The van der Waals surface area contributed by atoms with Gasteiger partial charge >= 0.3 is 5.97 Å². The highest BCUT2D eigenvalue weighted by molar-refractivity contribution is 5.90. The Morgan fingerprint density at radius 3 is 2.83 bits per heavy atom. The van der Waals surface area contributed by atoms with Crippen LogP contribution in [0.4, 0.5) is 0 Å². The van der Waals surface area contributed by atoms with Gasteiger partial charge in [0.25, 0.3) is 0 Å². The monoisotopic (exact) mass is 310 g/mol. The van der Waals surface area contributed by atoms with E-state index >= 15 is 0 Å². The van der Waals surface area contributed by atoms with Gasteiger partial charge in [-0.15, -0.1) is 5.10 Å². The van der Waals surface area contributed by atoms with Crippen molar-refractivity contribution < 1.29 is 14.3 Å². The summed E-state index contributed by atoms with van der Waals surface area (Å²) in [6.07, 6.45) is 1.46. The average Bonchev–Trinajstić information content (AvgIpc) is 3.14. The molecule has 0 saturated carbocycles. The quantitative estimate of drug-likeness (QED) is 0.671. The fraction of sp³-hybridized carbons (Fsp3) is 0.125. The number of methoxy groups -OCH3 is 1. The number of hydrogen-bond donors (Lipinski definition) is 0. The summed E-state index contributed by atoms with van der Waals surface area (Å²) in [5.41, 5.74) is 1.91. The lowest BCUT2D eigenvalue weighted by molar-refractivity contribution is 0.0470. The molecule has 0 aliphatic carbocycles. The fourth-order valence-electron chi connectivity index (χ4n) is 2.10. The molecule has 0 unspecified atom stereocenters.